The Labute approximate surface area is 189 Å². The van der Waals surface area contributed by atoms with Crippen LogP contribution in [0.2, 0.25) is 0 Å². The molecule has 0 radical (unpaired) electrons. The van der Waals surface area contributed by atoms with Crippen molar-refractivity contribution in [2.75, 3.05) is 7.11 Å². The Bertz CT molecular complexity index is 1200. The lowest BCUT2D eigenvalue weighted by atomic mass is 10.2. The molecule has 2 N–H and O–H groups in total. The third-order valence-electron chi connectivity index (χ3n) is 4.30. The van der Waals surface area contributed by atoms with Crippen molar-refractivity contribution >= 4 is 17.8 Å². The van der Waals surface area contributed by atoms with Gasteiger partial charge in [0.1, 0.15) is 0 Å². The van der Waals surface area contributed by atoms with Crippen molar-refractivity contribution in [3.8, 4) is 17.1 Å². The predicted molar refractivity (Wildman–Crippen MR) is 123 cm³/mol. The zero-order valence-electron chi connectivity index (χ0n) is 17.6. The van der Waals surface area contributed by atoms with Crippen molar-refractivity contribution in [1.29, 1.82) is 0 Å². The first-order valence-corrected chi connectivity index (χ1v) is 9.72. The van der Waals surface area contributed by atoms with Crippen LogP contribution < -0.4 is 5.43 Å². The molecule has 3 aromatic carbocycles. The number of para-hydroxylation sites is 1. The summed E-state index contributed by atoms with van der Waals surface area (Å²) in [7, 11) is 1.00. The van der Waals surface area contributed by atoms with Crippen LogP contribution in [0, 0.1) is 10.1 Å². The summed E-state index contributed by atoms with van der Waals surface area (Å²) in [5.41, 5.74) is 4.33. The topological polar surface area (TPSA) is 136 Å². The number of carbonyl (C=O) groups is 1. The van der Waals surface area contributed by atoms with Crippen molar-refractivity contribution < 1.29 is 14.8 Å². The zero-order chi connectivity index (χ0) is 23.6. The number of nitrogens with zero attached hydrogens (tertiary/aromatic N) is 5. The van der Waals surface area contributed by atoms with E-state index in [4.69, 9.17) is 5.11 Å². The van der Waals surface area contributed by atoms with E-state index in [2.05, 4.69) is 20.6 Å². The van der Waals surface area contributed by atoms with Gasteiger partial charge in [-0.1, -0.05) is 60.7 Å². The molecule has 0 aliphatic heterocycles. The summed E-state index contributed by atoms with van der Waals surface area (Å²) in [5.74, 6) is -0.146. The van der Waals surface area contributed by atoms with E-state index in [9.17, 15) is 14.9 Å². The second-order valence-electron chi connectivity index (χ2n) is 6.42. The van der Waals surface area contributed by atoms with Crippen molar-refractivity contribution in [3.05, 3.63) is 106 Å². The summed E-state index contributed by atoms with van der Waals surface area (Å²) in [4.78, 5) is 27.3. The van der Waals surface area contributed by atoms with Gasteiger partial charge in [0.2, 0.25) is 5.82 Å². The molecule has 4 aromatic rings. The molecule has 10 nitrogen and oxygen atoms in total. The fourth-order valence-corrected chi connectivity index (χ4v) is 2.87. The third kappa shape index (κ3) is 5.71. The molecule has 0 atom stereocenters. The average molecular weight is 444 g/mol. The number of aromatic nitrogens is 3. The summed E-state index contributed by atoms with van der Waals surface area (Å²) in [6, 6.07) is 24.7. The first-order chi connectivity index (χ1) is 16.1. The quantitative estimate of drug-likeness (QED) is 0.266. The Morgan fingerprint density at radius 3 is 2.36 bits per heavy atom. The maximum atomic E-state index is 12.6. The van der Waals surface area contributed by atoms with Crippen LogP contribution >= 0.6 is 0 Å². The van der Waals surface area contributed by atoms with E-state index in [0.717, 1.165) is 18.4 Å². The second kappa shape index (κ2) is 11.1. The van der Waals surface area contributed by atoms with Crippen LogP contribution in [0.1, 0.15) is 16.2 Å². The van der Waals surface area contributed by atoms with Crippen LogP contribution in [0.25, 0.3) is 17.1 Å². The molecule has 0 unspecified atom stereocenters. The molecule has 0 bridgehead atoms. The number of hydrogen-bond donors (Lipinski definition) is 2. The predicted octanol–water partition coefficient (Wildman–Crippen LogP) is 3.21. The van der Waals surface area contributed by atoms with Gasteiger partial charge in [-0.15, -0.1) is 5.10 Å². The third-order valence-corrected chi connectivity index (χ3v) is 4.30. The van der Waals surface area contributed by atoms with Gasteiger partial charge in [0.15, 0.2) is 5.82 Å². The summed E-state index contributed by atoms with van der Waals surface area (Å²) in [5, 5.41) is 26.1. The molecule has 1 aromatic heterocycles. The SMILES string of the molecule is CO.O=C(NN=Cc1cccc([N+](=O)[O-])c1)c1nc(-c2ccccc2)n(-c2ccccc2)n1. The molecule has 0 aliphatic rings. The van der Waals surface area contributed by atoms with Crippen molar-refractivity contribution in [1.82, 2.24) is 20.2 Å². The summed E-state index contributed by atoms with van der Waals surface area (Å²) in [6.45, 7) is 0. The number of aliphatic hydroxyl groups excluding tert-OH is 1. The first kappa shape index (κ1) is 23.0. The van der Waals surface area contributed by atoms with E-state index in [1.807, 2.05) is 60.7 Å². The Morgan fingerprint density at radius 1 is 1.03 bits per heavy atom. The molecule has 10 heteroatoms. The molecule has 1 amide bonds. The number of aliphatic hydroxyl groups is 1. The first-order valence-electron chi connectivity index (χ1n) is 9.72. The number of hydrazone groups is 1. The lowest BCUT2D eigenvalue weighted by Gasteiger charge is -2.05. The van der Waals surface area contributed by atoms with Gasteiger partial charge in [-0.25, -0.2) is 15.1 Å². The second-order valence-corrected chi connectivity index (χ2v) is 6.42. The van der Waals surface area contributed by atoms with Gasteiger partial charge in [0.05, 0.1) is 16.8 Å². The molecular formula is C23H20N6O4. The molecule has 33 heavy (non-hydrogen) atoms. The van der Waals surface area contributed by atoms with Crippen LogP contribution in [0.3, 0.4) is 0 Å². The molecule has 0 saturated heterocycles. The molecule has 0 aliphatic carbocycles. The maximum Gasteiger partial charge on any atom is 0.311 e. The van der Waals surface area contributed by atoms with Gasteiger partial charge in [-0.2, -0.15) is 5.10 Å². The standard InChI is InChI=1S/C22H16N6O3.CH4O/c29-22(25-23-15-16-8-7-13-19(14-16)28(30)31)20-24-21(17-9-3-1-4-10-17)27(26-20)18-11-5-2-6-12-18;1-2/h1-15H,(H,25,29);2H,1H3. The fourth-order valence-electron chi connectivity index (χ4n) is 2.87. The molecule has 0 spiro atoms. The average Bonchev–Trinajstić information content (AvgIpc) is 3.32. The number of rotatable bonds is 6. The van der Waals surface area contributed by atoms with Gasteiger partial charge in [0.25, 0.3) is 5.69 Å². The highest BCUT2D eigenvalue weighted by Gasteiger charge is 2.18. The highest BCUT2D eigenvalue weighted by molar-refractivity contribution is 5.92. The Hall–Kier alpha value is -4.70. The van der Waals surface area contributed by atoms with Crippen molar-refractivity contribution in [2.24, 2.45) is 5.10 Å². The van der Waals surface area contributed by atoms with E-state index in [0.29, 0.717) is 11.4 Å². The Kier molecular flexibility index (Phi) is 7.71. The number of nitrogens with one attached hydrogen (secondary N) is 1. The minimum Gasteiger partial charge on any atom is -0.400 e. The molecule has 4 rings (SSSR count). The zero-order valence-corrected chi connectivity index (χ0v) is 17.6. The highest BCUT2D eigenvalue weighted by Crippen LogP contribution is 2.21. The molecule has 0 fully saturated rings. The molecule has 1 heterocycles. The maximum absolute atomic E-state index is 12.6. The molecule has 0 saturated carbocycles. The number of amides is 1. The number of benzene rings is 3. The number of carbonyl (C=O) groups excluding carboxylic acids is 1. The highest BCUT2D eigenvalue weighted by atomic mass is 16.6. The van der Waals surface area contributed by atoms with E-state index < -0.39 is 10.8 Å². The van der Waals surface area contributed by atoms with Crippen molar-refractivity contribution in [2.45, 2.75) is 0 Å². The Balaban J connectivity index is 0.00000149. The minimum absolute atomic E-state index is 0.0566. The molecular weight excluding hydrogens is 424 g/mol. The monoisotopic (exact) mass is 444 g/mol. The number of nitro benzene ring substituents is 1. The van der Waals surface area contributed by atoms with Gasteiger partial charge in [0, 0.05) is 30.4 Å². The van der Waals surface area contributed by atoms with Crippen LogP contribution in [0.5, 0.6) is 0 Å². The summed E-state index contributed by atoms with van der Waals surface area (Å²) in [6.07, 6.45) is 1.32. The minimum atomic E-state index is -0.603. The van der Waals surface area contributed by atoms with E-state index in [1.165, 1.54) is 24.4 Å². The van der Waals surface area contributed by atoms with Crippen LogP contribution in [-0.4, -0.2) is 44.0 Å². The van der Waals surface area contributed by atoms with Crippen molar-refractivity contribution in [3.63, 3.8) is 0 Å². The van der Waals surface area contributed by atoms with Gasteiger partial charge in [-0.05, 0) is 12.1 Å². The number of nitro groups is 1. The lowest BCUT2D eigenvalue weighted by Crippen LogP contribution is -2.19. The number of non-ortho nitro benzene ring substituents is 1. The Morgan fingerprint density at radius 2 is 1.70 bits per heavy atom. The van der Waals surface area contributed by atoms with E-state index in [1.54, 1.807) is 10.7 Å². The summed E-state index contributed by atoms with van der Waals surface area (Å²) >= 11 is 0. The largest absolute Gasteiger partial charge is 0.400 e. The van der Waals surface area contributed by atoms with Gasteiger partial charge in [-0.3, -0.25) is 14.9 Å². The normalized spacial score (nSPS) is 10.4. The van der Waals surface area contributed by atoms with E-state index >= 15 is 0 Å². The lowest BCUT2D eigenvalue weighted by molar-refractivity contribution is -0.384. The van der Waals surface area contributed by atoms with Gasteiger partial charge < -0.3 is 5.11 Å². The molecule has 166 valence electrons. The van der Waals surface area contributed by atoms with Gasteiger partial charge >= 0.3 is 5.91 Å². The van der Waals surface area contributed by atoms with Crippen LogP contribution in [0.4, 0.5) is 5.69 Å². The smallest absolute Gasteiger partial charge is 0.311 e. The fraction of sp³-hybridized carbons (Fsp3) is 0.0435. The summed E-state index contributed by atoms with van der Waals surface area (Å²) < 4.78 is 1.59. The number of hydrogen-bond acceptors (Lipinski definition) is 7. The van der Waals surface area contributed by atoms with Crippen LogP contribution in [-0.2, 0) is 0 Å². The van der Waals surface area contributed by atoms with E-state index in [-0.39, 0.29) is 11.5 Å². The van der Waals surface area contributed by atoms with Crippen LogP contribution in [0.15, 0.2) is 90.0 Å².